The van der Waals surface area contributed by atoms with Crippen LogP contribution >= 0.6 is 0 Å². The first-order valence-corrected chi connectivity index (χ1v) is 7.85. The molecule has 7 nitrogen and oxygen atoms in total. The number of aromatic nitrogens is 4. The number of nitrogens with zero attached hydrogens (tertiary/aromatic N) is 4. The van der Waals surface area contributed by atoms with Crippen LogP contribution in [0.3, 0.4) is 0 Å². The van der Waals surface area contributed by atoms with E-state index in [1.165, 1.54) is 5.56 Å². The summed E-state index contributed by atoms with van der Waals surface area (Å²) in [5.74, 6) is 1.08. The Labute approximate surface area is 145 Å². The zero-order valence-corrected chi connectivity index (χ0v) is 14.4. The van der Waals surface area contributed by atoms with Crippen molar-refractivity contribution < 1.29 is 9.53 Å². The molecule has 128 valence electrons. The highest BCUT2D eigenvalue weighted by atomic mass is 16.5. The van der Waals surface area contributed by atoms with Gasteiger partial charge in [0.05, 0.1) is 0 Å². The van der Waals surface area contributed by atoms with Crippen molar-refractivity contribution in [2.45, 2.75) is 13.8 Å². The van der Waals surface area contributed by atoms with E-state index >= 15 is 0 Å². The fraction of sp³-hybridized carbons (Fsp3) is 0.222. The number of hydrogen-bond acceptors (Lipinski definition) is 5. The molecule has 3 rings (SSSR count). The summed E-state index contributed by atoms with van der Waals surface area (Å²) in [5.41, 5.74) is 3.80. The molecule has 0 atom stereocenters. The van der Waals surface area contributed by atoms with Crippen LogP contribution in [0.1, 0.15) is 11.1 Å². The Hall–Kier alpha value is -3.22. The highest BCUT2D eigenvalue weighted by Gasteiger charge is 2.09. The van der Waals surface area contributed by atoms with E-state index in [0.29, 0.717) is 17.3 Å². The van der Waals surface area contributed by atoms with E-state index in [2.05, 4.69) is 20.8 Å². The number of tetrazole rings is 1. The van der Waals surface area contributed by atoms with Crippen LogP contribution in [0.4, 0.5) is 5.69 Å². The van der Waals surface area contributed by atoms with Gasteiger partial charge in [-0.05, 0) is 59.7 Å². The minimum Gasteiger partial charge on any atom is -0.484 e. The van der Waals surface area contributed by atoms with E-state index < -0.39 is 0 Å². The van der Waals surface area contributed by atoms with Crippen molar-refractivity contribution in [3.8, 4) is 17.1 Å². The van der Waals surface area contributed by atoms with Gasteiger partial charge in [-0.2, -0.15) is 0 Å². The molecule has 0 unspecified atom stereocenters. The molecule has 1 heterocycles. The highest BCUT2D eigenvalue weighted by Crippen LogP contribution is 2.20. The Balaban J connectivity index is 1.63. The Morgan fingerprint density at radius 1 is 1.16 bits per heavy atom. The first-order valence-electron chi connectivity index (χ1n) is 7.85. The molecule has 1 amide bonds. The van der Waals surface area contributed by atoms with Gasteiger partial charge in [0.25, 0.3) is 5.91 Å². The summed E-state index contributed by atoms with van der Waals surface area (Å²) in [6.45, 7) is 3.98. The Morgan fingerprint density at radius 3 is 2.72 bits per heavy atom. The Morgan fingerprint density at radius 2 is 2.00 bits per heavy atom. The lowest BCUT2D eigenvalue weighted by Crippen LogP contribution is -2.20. The molecule has 0 aliphatic rings. The third-order valence-electron chi connectivity index (χ3n) is 3.87. The van der Waals surface area contributed by atoms with Gasteiger partial charge in [0, 0.05) is 18.3 Å². The van der Waals surface area contributed by atoms with Crippen LogP contribution < -0.4 is 10.1 Å². The molecule has 1 aromatic heterocycles. The zero-order chi connectivity index (χ0) is 17.8. The molecule has 2 aromatic carbocycles. The lowest BCUT2D eigenvalue weighted by molar-refractivity contribution is -0.118. The largest absolute Gasteiger partial charge is 0.484 e. The van der Waals surface area contributed by atoms with E-state index in [9.17, 15) is 4.79 Å². The van der Waals surface area contributed by atoms with Crippen molar-refractivity contribution in [3.05, 3.63) is 53.6 Å². The molecule has 0 aliphatic heterocycles. The monoisotopic (exact) mass is 337 g/mol. The van der Waals surface area contributed by atoms with Crippen LogP contribution in [0.2, 0.25) is 0 Å². The summed E-state index contributed by atoms with van der Waals surface area (Å²) in [4.78, 5) is 12.1. The lowest BCUT2D eigenvalue weighted by atomic mass is 10.1. The number of ether oxygens (including phenoxy) is 1. The first kappa shape index (κ1) is 16.6. The fourth-order valence-electron chi connectivity index (χ4n) is 2.36. The van der Waals surface area contributed by atoms with Crippen molar-refractivity contribution in [3.63, 3.8) is 0 Å². The second-order valence-electron chi connectivity index (χ2n) is 5.79. The molecule has 1 N–H and O–H groups in total. The second kappa shape index (κ2) is 7.12. The number of benzene rings is 2. The van der Waals surface area contributed by atoms with Gasteiger partial charge < -0.3 is 10.1 Å². The van der Waals surface area contributed by atoms with Crippen LogP contribution in [0.5, 0.6) is 5.75 Å². The summed E-state index contributed by atoms with van der Waals surface area (Å²) >= 11 is 0. The van der Waals surface area contributed by atoms with Crippen LogP contribution in [0.25, 0.3) is 11.4 Å². The number of anilines is 1. The smallest absolute Gasteiger partial charge is 0.262 e. The van der Waals surface area contributed by atoms with E-state index in [1.54, 1.807) is 17.8 Å². The maximum Gasteiger partial charge on any atom is 0.262 e. The summed E-state index contributed by atoms with van der Waals surface area (Å²) in [5, 5.41) is 14.2. The molecule has 3 aromatic rings. The van der Waals surface area contributed by atoms with Gasteiger partial charge in [0.2, 0.25) is 0 Å². The molecule has 25 heavy (non-hydrogen) atoms. The minimum atomic E-state index is -0.230. The van der Waals surface area contributed by atoms with Crippen molar-refractivity contribution in [1.29, 1.82) is 0 Å². The summed E-state index contributed by atoms with van der Waals surface area (Å²) < 4.78 is 7.12. The number of hydrogen-bond donors (Lipinski definition) is 1. The van der Waals surface area contributed by atoms with Gasteiger partial charge in [-0.25, -0.2) is 4.68 Å². The van der Waals surface area contributed by atoms with E-state index in [0.717, 1.165) is 11.1 Å². The molecule has 0 bridgehead atoms. The predicted molar refractivity (Wildman–Crippen MR) is 94.3 cm³/mol. The van der Waals surface area contributed by atoms with Crippen LogP contribution in [-0.4, -0.2) is 32.7 Å². The molecule has 0 aliphatic carbocycles. The summed E-state index contributed by atoms with van der Waals surface area (Å²) in [7, 11) is 1.76. The van der Waals surface area contributed by atoms with Gasteiger partial charge in [-0.1, -0.05) is 18.2 Å². The molecular formula is C18H19N5O2. The van der Waals surface area contributed by atoms with Crippen molar-refractivity contribution >= 4 is 11.6 Å². The average Bonchev–Trinajstić information content (AvgIpc) is 3.02. The molecular weight excluding hydrogens is 318 g/mol. The number of nitrogens with one attached hydrogen (secondary N) is 1. The lowest BCUT2D eigenvalue weighted by Gasteiger charge is -2.10. The van der Waals surface area contributed by atoms with Crippen molar-refractivity contribution in [2.24, 2.45) is 7.05 Å². The number of rotatable bonds is 5. The summed E-state index contributed by atoms with van der Waals surface area (Å²) in [6, 6.07) is 13.1. The minimum absolute atomic E-state index is 0.0573. The molecule has 7 heteroatoms. The first-order chi connectivity index (χ1) is 12.0. The SMILES string of the molecule is Cc1ccc(OCC(=O)Nc2cccc(-c3nnnn3C)c2)cc1C. The summed E-state index contributed by atoms with van der Waals surface area (Å²) in [6.07, 6.45) is 0. The normalized spacial score (nSPS) is 10.5. The van der Waals surface area contributed by atoms with Crippen LogP contribution in [0.15, 0.2) is 42.5 Å². The van der Waals surface area contributed by atoms with Gasteiger partial charge >= 0.3 is 0 Å². The maximum atomic E-state index is 12.1. The number of aryl methyl sites for hydroxylation is 3. The molecule has 0 saturated heterocycles. The van der Waals surface area contributed by atoms with Crippen LogP contribution in [0, 0.1) is 13.8 Å². The topological polar surface area (TPSA) is 81.9 Å². The second-order valence-corrected chi connectivity index (χ2v) is 5.79. The van der Waals surface area contributed by atoms with Crippen LogP contribution in [-0.2, 0) is 11.8 Å². The Bertz CT molecular complexity index is 904. The van der Waals surface area contributed by atoms with E-state index in [1.807, 2.05) is 50.2 Å². The average molecular weight is 337 g/mol. The molecule has 0 spiro atoms. The quantitative estimate of drug-likeness (QED) is 0.773. The van der Waals surface area contributed by atoms with Crippen molar-refractivity contribution in [2.75, 3.05) is 11.9 Å². The number of amides is 1. The standard InChI is InChI=1S/C18H19N5O2/c1-12-7-8-16(9-13(12)2)25-11-17(24)19-15-6-4-5-14(10-15)18-20-21-22-23(18)3/h4-10H,11H2,1-3H3,(H,19,24). The molecule has 0 fully saturated rings. The predicted octanol–water partition coefficient (Wildman–Crippen LogP) is 2.51. The van der Waals surface area contributed by atoms with E-state index in [-0.39, 0.29) is 12.5 Å². The Kier molecular flexibility index (Phi) is 4.74. The molecule has 0 saturated carbocycles. The van der Waals surface area contributed by atoms with E-state index in [4.69, 9.17) is 4.74 Å². The van der Waals surface area contributed by atoms with Gasteiger partial charge in [-0.3, -0.25) is 4.79 Å². The highest BCUT2D eigenvalue weighted by molar-refractivity contribution is 5.92. The fourth-order valence-corrected chi connectivity index (χ4v) is 2.36. The number of carbonyl (C=O) groups is 1. The zero-order valence-electron chi connectivity index (χ0n) is 14.4. The van der Waals surface area contributed by atoms with Gasteiger partial charge in [0.1, 0.15) is 5.75 Å². The maximum absolute atomic E-state index is 12.1. The van der Waals surface area contributed by atoms with Gasteiger partial charge in [0.15, 0.2) is 12.4 Å². The third kappa shape index (κ3) is 4.00. The number of carbonyl (C=O) groups excluding carboxylic acids is 1. The molecule has 0 radical (unpaired) electrons. The third-order valence-corrected chi connectivity index (χ3v) is 3.87. The van der Waals surface area contributed by atoms with Crippen molar-refractivity contribution in [1.82, 2.24) is 20.2 Å². The van der Waals surface area contributed by atoms with Gasteiger partial charge in [-0.15, -0.1) is 5.10 Å².